The Morgan fingerprint density at radius 2 is 1.50 bits per heavy atom. The molecule has 0 bridgehead atoms. The molecule has 2 aromatic rings. The molecule has 0 aliphatic carbocycles. The van der Waals surface area contributed by atoms with Crippen molar-refractivity contribution >= 4 is 6.08 Å². The van der Waals surface area contributed by atoms with Gasteiger partial charge in [0, 0.05) is 11.1 Å². The van der Waals surface area contributed by atoms with Crippen LogP contribution in [-0.2, 0) is 0 Å². The summed E-state index contributed by atoms with van der Waals surface area (Å²) >= 11 is 0. The zero-order valence-corrected chi connectivity index (χ0v) is 11.8. The van der Waals surface area contributed by atoms with Gasteiger partial charge in [-0.05, 0) is 37.6 Å². The van der Waals surface area contributed by atoms with Gasteiger partial charge in [0.1, 0.15) is 0 Å². The van der Waals surface area contributed by atoms with Crippen molar-refractivity contribution in [2.24, 2.45) is 0 Å². The zero-order valence-electron chi connectivity index (χ0n) is 11.8. The predicted molar refractivity (Wildman–Crippen MR) is 84.0 cm³/mol. The van der Waals surface area contributed by atoms with Crippen LogP contribution in [0.4, 0.5) is 0 Å². The van der Waals surface area contributed by atoms with Gasteiger partial charge >= 0.3 is 0 Å². The molecule has 0 atom stereocenters. The van der Waals surface area contributed by atoms with E-state index in [4.69, 9.17) is 0 Å². The van der Waals surface area contributed by atoms with Crippen molar-refractivity contribution in [1.29, 1.82) is 0 Å². The normalized spacial score (nSPS) is 11.7. The van der Waals surface area contributed by atoms with Crippen molar-refractivity contribution < 1.29 is 5.11 Å². The first kappa shape index (κ1) is 14.1. The first-order chi connectivity index (χ1) is 9.55. The predicted octanol–water partition coefficient (Wildman–Crippen LogP) is 3.89. The highest BCUT2D eigenvalue weighted by Gasteiger charge is 2.17. The number of aliphatic hydroxyl groups is 1. The van der Waals surface area contributed by atoms with Gasteiger partial charge in [0.05, 0.1) is 5.60 Å². The van der Waals surface area contributed by atoms with Gasteiger partial charge in [-0.2, -0.15) is 0 Å². The first-order valence-corrected chi connectivity index (χ1v) is 6.62. The molecular weight excluding hydrogens is 244 g/mol. The minimum absolute atomic E-state index is 0.701. The Balaban J connectivity index is 2.36. The summed E-state index contributed by atoms with van der Waals surface area (Å²) in [6.45, 7) is 3.50. The Kier molecular flexibility index (Phi) is 4.40. The molecule has 1 heteroatoms. The summed E-state index contributed by atoms with van der Waals surface area (Å²) in [5.74, 6) is 6.18. The van der Waals surface area contributed by atoms with E-state index < -0.39 is 5.60 Å². The molecule has 0 fully saturated rings. The van der Waals surface area contributed by atoms with E-state index >= 15 is 0 Å². The average molecular weight is 262 g/mol. The van der Waals surface area contributed by atoms with Crippen molar-refractivity contribution in [3.05, 3.63) is 77.4 Å². The SMILES string of the molecule is CC(C)(O)/C(C#Cc1ccccc1)=C/c1ccccc1. The number of hydrogen-bond donors (Lipinski definition) is 1. The molecule has 2 aromatic carbocycles. The van der Waals surface area contributed by atoms with Crippen LogP contribution in [0, 0.1) is 11.8 Å². The van der Waals surface area contributed by atoms with Gasteiger partial charge in [0.2, 0.25) is 0 Å². The smallest absolute Gasteiger partial charge is 0.0918 e. The monoisotopic (exact) mass is 262 g/mol. The fourth-order valence-corrected chi connectivity index (χ4v) is 1.74. The summed E-state index contributed by atoms with van der Waals surface area (Å²) in [5, 5.41) is 10.2. The standard InChI is InChI=1S/C19H18O/c1-19(2,20)18(15-17-11-7-4-8-12-17)14-13-16-9-5-3-6-10-16/h3-12,15,20H,1-2H3/b18-15+. The van der Waals surface area contributed by atoms with Gasteiger partial charge in [-0.1, -0.05) is 60.4 Å². The Morgan fingerprint density at radius 3 is 2.05 bits per heavy atom. The third-order valence-electron chi connectivity index (χ3n) is 2.88. The van der Waals surface area contributed by atoms with Crippen molar-refractivity contribution in [1.82, 2.24) is 0 Å². The van der Waals surface area contributed by atoms with Crippen LogP contribution in [0.2, 0.25) is 0 Å². The van der Waals surface area contributed by atoms with Crippen LogP contribution in [0.1, 0.15) is 25.0 Å². The van der Waals surface area contributed by atoms with Crippen LogP contribution in [0.25, 0.3) is 6.08 Å². The molecule has 0 heterocycles. The number of rotatable bonds is 2. The van der Waals surface area contributed by atoms with E-state index in [-0.39, 0.29) is 0 Å². The van der Waals surface area contributed by atoms with E-state index in [0.29, 0.717) is 5.57 Å². The Hall–Kier alpha value is -2.30. The van der Waals surface area contributed by atoms with Crippen molar-refractivity contribution in [3.8, 4) is 11.8 Å². The summed E-state index contributed by atoms with van der Waals surface area (Å²) in [5.41, 5.74) is 1.72. The van der Waals surface area contributed by atoms with Crippen molar-refractivity contribution in [2.75, 3.05) is 0 Å². The average Bonchev–Trinajstić information content (AvgIpc) is 2.44. The van der Waals surface area contributed by atoms with E-state index in [2.05, 4.69) is 11.8 Å². The maximum Gasteiger partial charge on any atom is 0.0918 e. The minimum atomic E-state index is -0.961. The van der Waals surface area contributed by atoms with Gasteiger partial charge in [-0.3, -0.25) is 0 Å². The summed E-state index contributed by atoms with van der Waals surface area (Å²) in [4.78, 5) is 0. The molecule has 0 radical (unpaired) electrons. The molecule has 0 spiro atoms. The van der Waals surface area contributed by atoms with Crippen LogP contribution in [0.15, 0.2) is 66.2 Å². The van der Waals surface area contributed by atoms with Crippen LogP contribution in [0.3, 0.4) is 0 Å². The van der Waals surface area contributed by atoms with E-state index in [1.54, 1.807) is 13.8 Å². The van der Waals surface area contributed by atoms with Gasteiger partial charge in [0.15, 0.2) is 0 Å². The fourth-order valence-electron chi connectivity index (χ4n) is 1.74. The van der Waals surface area contributed by atoms with E-state index in [9.17, 15) is 5.11 Å². The highest BCUT2D eigenvalue weighted by molar-refractivity contribution is 5.61. The summed E-state index contributed by atoms with van der Waals surface area (Å²) in [6, 6.07) is 19.7. The second kappa shape index (κ2) is 6.23. The third kappa shape index (κ3) is 4.12. The molecule has 0 aromatic heterocycles. The molecule has 100 valence electrons. The van der Waals surface area contributed by atoms with Gasteiger partial charge < -0.3 is 5.11 Å². The van der Waals surface area contributed by atoms with Crippen LogP contribution in [-0.4, -0.2) is 10.7 Å². The minimum Gasteiger partial charge on any atom is -0.385 e. The second-order valence-corrected chi connectivity index (χ2v) is 5.14. The van der Waals surface area contributed by atoms with Gasteiger partial charge in [0.25, 0.3) is 0 Å². The summed E-state index contributed by atoms with van der Waals surface area (Å²) in [7, 11) is 0. The molecule has 0 unspecified atom stereocenters. The van der Waals surface area contributed by atoms with Gasteiger partial charge in [-0.15, -0.1) is 0 Å². The number of benzene rings is 2. The van der Waals surface area contributed by atoms with E-state index in [0.717, 1.165) is 11.1 Å². The lowest BCUT2D eigenvalue weighted by Gasteiger charge is -2.17. The Morgan fingerprint density at radius 1 is 0.950 bits per heavy atom. The molecule has 0 amide bonds. The summed E-state index contributed by atoms with van der Waals surface area (Å²) in [6.07, 6.45) is 1.93. The topological polar surface area (TPSA) is 20.2 Å². The molecule has 0 aliphatic heterocycles. The van der Waals surface area contributed by atoms with Crippen LogP contribution < -0.4 is 0 Å². The van der Waals surface area contributed by atoms with Crippen molar-refractivity contribution in [3.63, 3.8) is 0 Å². The van der Waals surface area contributed by atoms with Gasteiger partial charge in [-0.25, -0.2) is 0 Å². The van der Waals surface area contributed by atoms with E-state index in [1.165, 1.54) is 0 Å². The lowest BCUT2D eigenvalue weighted by atomic mass is 9.96. The number of hydrogen-bond acceptors (Lipinski definition) is 1. The highest BCUT2D eigenvalue weighted by Crippen LogP contribution is 2.18. The van der Waals surface area contributed by atoms with Crippen LogP contribution in [0.5, 0.6) is 0 Å². The Bertz CT molecular complexity index is 635. The molecule has 0 aliphatic rings. The molecule has 1 N–H and O–H groups in total. The summed E-state index contributed by atoms with van der Waals surface area (Å²) < 4.78 is 0. The van der Waals surface area contributed by atoms with Crippen molar-refractivity contribution in [2.45, 2.75) is 19.4 Å². The molecule has 1 nitrogen and oxygen atoms in total. The first-order valence-electron chi connectivity index (χ1n) is 6.62. The Labute approximate surface area is 120 Å². The zero-order chi connectivity index (χ0) is 14.4. The second-order valence-electron chi connectivity index (χ2n) is 5.14. The quantitative estimate of drug-likeness (QED) is 0.814. The maximum absolute atomic E-state index is 10.2. The van der Waals surface area contributed by atoms with Crippen LogP contribution >= 0.6 is 0 Å². The molecule has 20 heavy (non-hydrogen) atoms. The molecule has 0 saturated carbocycles. The lowest BCUT2D eigenvalue weighted by molar-refractivity contribution is 0.126. The highest BCUT2D eigenvalue weighted by atomic mass is 16.3. The largest absolute Gasteiger partial charge is 0.385 e. The molecular formula is C19H18O. The fraction of sp³-hybridized carbons (Fsp3) is 0.158. The molecule has 2 rings (SSSR count). The lowest BCUT2D eigenvalue weighted by Crippen LogP contribution is -2.20. The molecule has 0 saturated heterocycles. The third-order valence-corrected chi connectivity index (χ3v) is 2.88. The maximum atomic E-state index is 10.2. The van der Waals surface area contributed by atoms with E-state index in [1.807, 2.05) is 66.7 Å².